The summed E-state index contributed by atoms with van der Waals surface area (Å²) in [5, 5.41) is 11.4. The number of carbonyl (C=O) groups excluding carboxylic acids is 2. The fraction of sp³-hybridized carbons (Fsp3) is 0.0476. The number of carbonyl (C=O) groups is 2. The average molecular weight is 458 g/mol. The molecule has 0 atom stereocenters. The summed E-state index contributed by atoms with van der Waals surface area (Å²) in [5.74, 6) is -1.67. The average Bonchev–Trinajstić information content (AvgIpc) is 3.23. The highest BCUT2D eigenvalue weighted by atomic mass is 19.4. The number of nitrogens with zero attached hydrogens (tertiary/aromatic N) is 2. The van der Waals surface area contributed by atoms with Crippen molar-refractivity contribution in [1.29, 1.82) is 0 Å². The van der Waals surface area contributed by atoms with Crippen molar-refractivity contribution in [2.45, 2.75) is 6.18 Å². The Labute approximate surface area is 182 Å². The number of urea groups is 1. The molecule has 168 valence electrons. The quantitative estimate of drug-likeness (QED) is 0.335. The van der Waals surface area contributed by atoms with Crippen molar-refractivity contribution in [3.05, 3.63) is 71.7 Å². The Morgan fingerprint density at radius 2 is 1.73 bits per heavy atom. The van der Waals surface area contributed by atoms with Gasteiger partial charge in [-0.1, -0.05) is 12.1 Å². The van der Waals surface area contributed by atoms with Crippen LogP contribution in [0.1, 0.15) is 15.9 Å². The molecule has 0 aliphatic carbocycles. The Kier molecular flexibility index (Phi) is 5.42. The SMILES string of the molecule is NC(=O)c1cc(-c2ccc(NC(=O)Nc3cc(C(F)(F)F)ccc3F)cc2)nc2[nH]ncc12. The Balaban J connectivity index is 1.51. The first-order valence-electron chi connectivity index (χ1n) is 9.31. The highest BCUT2D eigenvalue weighted by molar-refractivity contribution is 6.05. The molecule has 0 spiro atoms. The van der Waals surface area contributed by atoms with Crippen molar-refractivity contribution in [2.24, 2.45) is 5.73 Å². The van der Waals surface area contributed by atoms with Gasteiger partial charge in [0.05, 0.1) is 34.1 Å². The van der Waals surface area contributed by atoms with Crippen molar-refractivity contribution >= 4 is 34.3 Å². The van der Waals surface area contributed by atoms with Crippen LogP contribution in [-0.2, 0) is 6.18 Å². The number of H-pyrrole nitrogens is 1. The molecule has 33 heavy (non-hydrogen) atoms. The van der Waals surface area contributed by atoms with Gasteiger partial charge in [-0.05, 0) is 36.4 Å². The summed E-state index contributed by atoms with van der Waals surface area (Å²) >= 11 is 0. The van der Waals surface area contributed by atoms with Gasteiger partial charge in [-0.25, -0.2) is 14.2 Å². The van der Waals surface area contributed by atoms with Gasteiger partial charge in [0.25, 0.3) is 0 Å². The van der Waals surface area contributed by atoms with Crippen molar-refractivity contribution in [3.63, 3.8) is 0 Å². The fourth-order valence-corrected chi connectivity index (χ4v) is 3.09. The Morgan fingerprint density at radius 1 is 1.00 bits per heavy atom. The van der Waals surface area contributed by atoms with Gasteiger partial charge in [-0.15, -0.1) is 0 Å². The zero-order valence-corrected chi connectivity index (χ0v) is 16.5. The number of nitrogens with one attached hydrogen (secondary N) is 3. The maximum Gasteiger partial charge on any atom is 0.416 e. The number of pyridine rings is 1. The highest BCUT2D eigenvalue weighted by Gasteiger charge is 2.31. The van der Waals surface area contributed by atoms with Gasteiger partial charge in [0.2, 0.25) is 5.91 Å². The molecule has 4 rings (SSSR count). The van der Waals surface area contributed by atoms with Gasteiger partial charge in [-0.2, -0.15) is 18.3 Å². The van der Waals surface area contributed by atoms with E-state index in [9.17, 15) is 27.2 Å². The lowest BCUT2D eigenvalue weighted by atomic mass is 10.1. The van der Waals surface area contributed by atoms with E-state index in [4.69, 9.17) is 5.73 Å². The molecule has 4 aromatic rings. The second-order valence-electron chi connectivity index (χ2n) is 6.90. The topological polar surface area (TPSA) is 126 Å². The van der Waals surface area contributed by atoms with Crippen LogP contribution in [-0.4, -0.2) is 27.1 Å². The van der Waals surface area contributed by atoms with E-state index < -0.39 is 35.2 Å². The number of nitrogens with two attached hydrogens (primary N) is 1. The minimum Gasteiger partial charge on any atom is -0.366 e. The third-order valence-corrected chi connectivity index (χ3v) is 4.67. The van der Waals surface area contributed by atoms with E-state index in [2.05, 4.69) is 25.8 Å². The van der Waals surface area contributed by atoms with Gasteiger partial charge in [0.1, 0.15) is 5.82 Å². The number of hydrogen-bond acceptors (Lipinski definition) is 4. The number of amides is 3. The summed E-state index contributed by atoms with van der Waals surface area (Å²) in [6.45, 7) is 0. The van der Waals surface area contributed by atoms with E-state index in [1.165, 1.54) is 24.4 Å². The van der Waals surface area contributed by atoms with Crippen LogP contribution in [0.3, 0.4) is 0 Å². The zero-order chi connectivity index (χ0) is 23.8. The van der Waals surface area contributed by atoms with E-state index in [0.717, 1.165) is 0 Å². The number of halogens is 4. The largest absolute Gasteiger partial charge is 0.416 e. The van der Waals surface area contributed by atoms with Gasteiger partial charge in [-0.3, -0.25) is 9.89 Å². The normalized spacial score (nSPS) is 11.4. The lowest BCUT2D eigenvalue weighted by Gasteiger charge is -2.12. The summed E-state index contributed by atoms with van der Waals surface area (Å²) in [6, 6.07) is 8.46. The third-order valence-electron chi connectivity index (χ3n) is 4.67. The molecule has 0 radical (unpaired) electrons. The zero-order valence-electron chi connectivity index (χ0n) is 16.5. The minimum atomic E-state index is -4.68. The fourth-order valence-electron chi connectivity index (χ4n) is 3.09. The molecule has 2 aromatic carbocycles. The molecule has 0 fully saturated rings. The van der Waals surface area contributed by atoms with Crippen LogP contribution in [0.15, 0.2) is 54.7 Å². The van der Waals surface area contributed by atoms with Crippen LogP contribution in [0.2, 0.25) is 0 Å². The molecule has 2 heterocycles. The third kappa shape index (κ3) is 4.59. The molecule has 12 heteroatoms. The number of hydrogen-bond donors (Lipinski definition) is 4. The predicted octanol–water partition coefficient (Wildman–Crippen LogP) is 4.53. The molecule has 5 N–H and O–H groups in total. The van der Waals surface area contributed by atoms with Crippen molar-refractivity contribution < 1.29 is 27.2 Å². The highest BCUT2D eigenvalue weighted by Crippen LogP contribution is 2.32. The lowest BCUT2D eigenvalue weighted by Crippen LogP contribution is -2.20. The Morgan fingerprint density at radius 3 is 2.39 bits per heavy atom. The van der Waals surface area contributed by atoms with E-state index in [-0.39, 0.29) is 11.3 Å². The number of benzene rings is 2. The predicted molar refractivity (Wildman–Crippen MR) is 112 cm³/mol. The minimum absolute atomic E-state index is 0.230. The van der Waals surface area contributed by atoms with E-state index in [1.54, 1.807) is 12.1 Å². The summed E-state index contributed by atoms with van der Waals surface area (Å²) in [7, 11) is 0. The molecule has 0 saturated carbocycles. The number of fused-ring (bicyclic) bond motifs is 1. The maximum absolute atomic E-state index is 13.8. The standard InChI is InChI=1S/C21H14F4N6O2/c22-15-6-3-11(21(23,24)25)7-17(15)30-20(33)28-12-4-1-10(2-5-12)16-8-13(18(26)32)14-9-27-31-19(14)29-16/h1-9H,(H2,26,32)(H,27,29,31)(H2,28,30,33). The van der Waals surface area contributed by atoms with Crippen molar-refractivity contribution in [2.75, 3.05) is 10.6 Å². The number of primary amides is 1. The van der Waals surface area contributed by atoms with Gasteiger partial charge >= 0.3 is 12.2 Å². The van der Waals surface area contributed by atoms with Crippen LogP contribution < -0.4 is 16.4 Å². The second kappa shape index (κ2) is 8.22. The second-order valence-corrected chi connectivity index (χ2v) is 6.90. The van der Waals surface area contributed by atoms with Crippen LogP contribution in [0.25, 0.3) is 22.3 Å². The van der Waals surface area contributed by atoms with Crippen molar-refractivity contribution in [3.8, 4) is 11.3 Å². The smallest absolute Gasteiger partial charge is 0.366 e. The molecule has 0 bridgehead atoms. The number of aromatic nitrogens is 3. The van der Waals surface area contributed by atoms with Gasteiger partial charge < -0.3 is 16.4 Å². The molecular weight excluding hydrogens is 444 g/mol. The van der Waals surface area contributed by atoms with Crippen LogP contribution in [0.4, 0.5) is 33.7 Å². The molecule has 2 aromatic heterocycles. The summed E-state index contributed by atoms with van der Waals surface area (Å²) in [5.41, 5.74) is 5.59. The van der Waals surface area contributed by atoms with Crippen LogP contribution >= 0.6 is 0 Å². The number of alkyl halides is 3. The van der Waals surface area contributed by atoms with Gasteiger partial charge in [0.15, 0.2) is 5.65 Å². The molecule has 3 amide bonds. The summed E-state index contributed by atoms with van der Waals surface area (Å²) in [4.78, 5) is 28.2. The molecule has 0 aliphatic rings. The monoisotopic (exact) mass is 458 g/mol. The summed E-state index contributed by atoms with van der Waals surface area (Å²) in [6.07, 6.45) is -3.25. The first kappa shape index (κ1) is 21.7. The number of aromatic amines is 1. The Bertz CT molecular complexity index is 1370. The molecule has 0 aliphatic heterocycles. The van der Waals surface area contributed by atoms with E-state index in [1.807, 2.05) is 0 Å². The Hall–Kier alpha value is -4.48. The van der Waals surface area contributed by atoms with E-state index in [0.29, 0.717) is 40.5 Å². The van der Waals surface area contributed by atoms with E-state index >= 15 is 0 Å². The molecule has 0 unspecified atom stereocenters. The number of anilines is 2. The van der Waals surface area contributed by atoms with Crippen LogP contribution in [0, 0.1) is 5.82 Å². The van der Waals surface area contributed by atoms with Gasteiger partial charge in [0, 0.05) is 11.3 Å². The lowest BCUT2D eigenvalue weighted by molar-refractivity contribution is -0.137. The molecule has 0 saturated heterocycles. The van der Waals surface area contributed by atoms with Crippen LogP contribution in [0.5, 0.6) is 0 Å². The molecule has 8 nitrogen and oxygen atoms in total. The number of rotatable bonds is 4. The first-order chi connectivity index (χ1) is 15.6. The maximum atomic E-state index is 13.8. The summed E-state index contributed by atoms with van der Waals surface area (Å²) < 4.78 is 52.3. The molecular formula is C21H14F4N6O2. The van der Waals surface area contributed by atoms with Crippen molar-refractivity contribution in [1.82, 2.24) is 15.2 Å². The first-order valence-corrected chi connectivity index (χ1v) is 9.31.